The highest BCUT2D eigenvalue weighted by Gasteiger charge is 2.18. The number of nitrogens with zero attached hydrogens (tertiary/aromatic N) is 2. The van der Waals surface area contributed by atoms with Gasteiger partial charge < -0.3 is 5.32 Å². The van der Waals surface area contributed by atoms with Gasteiger partial charge in [-0.1, -0.05) is 54.6 Å². The largest absolute Gasteiger partial charge is 0.359 e. The summed E-state index contributed by atoms with van der Waals surface area (Å²) in [5.41, 5.74) is 4.65. The van der Waals surface area contributed by atoms with Crippen LogP contribution in [0.3, 0.4) is 0 Å². The molecular formula is C22H19N3. The number of aromatic nitrogens is 2. The van der Waals surface area contributed by atoms with E-state index in [0.29, 0.717) is 0 Å². The van der Waals surface area contributed by atoms with Gasteiger partial charge in [0.2, 0.25) is 0 Å². The van der Waals surface area contributed by atoms with Gasteiger partial charge in [0.15, 0.2) is 0 Å². The summed E-state index contributed by atoms with van der Waals surface area (Å²) in [7, 11) is 0. The average Bonchev–Trinajstić information content (AvgIpc) is 2.69. The van der Waals surface area contributed by atoms with Crippen LogP contribution >= 0.6 is 0 Å². The molecule has 0 amide bonds. The Labute approximate surface area is 147 Å². The Morgan fingerprint density at radius 1 is 0.760 bits per heavy atom. The fraction of sp³-hybridized carbons (Fsp3) is 0.0909. The van der Waals surface area contributed by atoms with E-state index >= 15 is 0 Å². The monoisotopic (exact) mass is 325 g/mol. The molecule has 1 atom stereocenters. The lowest BCUT2D eigenvalue weighted by Gasteiger charge is -2.23. The van der Waals surface area contributed by atoms with Gasteiger partial charge >= 0.3 is 0 Å². The fourth-order valence-corrected chi connectivity index (χ4v) is 3.20. The Morgan fingerprint density at radius 2 is 1.56 bits per heavy atom. The topological polar surface area (TPSA) is 37.8 Å². The Balaban J connectivity index is 1.85. The van der Waals surface area contributed by atoms with Crippen LogP contribution in [0.2, 0.25) is 0 Å². The van der Waals surface area contributed by atoms with Crippen molar-refractivity contribution in [2.24, 2.45) is 0 Å². The Morgan fingerprint density at radius 3 is 2.36 bits per heavy atom. The van der Waals surface area contributed by atoms with Gasteiger partial charge in [-0.05, 0) is 41.8 Å². The van der Waals surface area contributed by atoms with Crippen LogP contribution in [-0.4, -0.2) is 9.97 Å². The van der Waals surface area contributed by atoms with Crippen LogP contribution in [0.15, 0.2) is 85.2 Å². The second-order valence-corrected chi connectivity index (χ2v) is 6.06. The maximum atomic E-state index is 4.58. The van der Waals surface area contributed by atoms with Crippen LogP contribution in [0, 0.1) is 6.92 Å². The van der Waals surface area contributed by atoms with Crippen molar-refractivity contribution in [1.82, 2.24) is 9.97 Å². The molecule has 2 aromatic carbocycles. The van der Waals surface area contributed by atoms with Crippen LogP contribution in [0.25, 0.3) is 10.9 Å². The summed E-state index contributed by atoms with van der Waals surface area (Å²) < 4.78 is 0. The first-order valence-electron chi connectivity index (χ1n) is 8.40. The van der Waals surface area contributed by atoms with E-state index < -0.39 is 0 Å². The molecule has 4 aromatic rings. The number of fused-ring (bicyclic) bond motifs is 1. The number of nitrogens with one attached hydrogen (secondary N) is 1. The smallest absolute Gasteiger partial charge is 0.126 e. The third-order valence-corrected chi connectivity index (χ3v) is 4.47. The molecule has 1 unspecified atom stereocenters. The second kappa shape index (κ2) is 6.73. The minimum absolute atomic E-state index is 0.0162. The normalized spacial score (nSPS) is 12.0. The fourth-order valence-electron chi connectivity index (χ4n) is 3.20. The Kier molecular flexibility index (Phi) is 4.13. The van der Waals surface area contributed by atoms with E-state index in [0.717, 1.165) is 16.7 Å². The highest BCUT2D eigenvalue weighted by Crippen LogP contribution is 2.31. The number of hydrogen-bond donors (Lipinski definition) is 1. The molecule has 1 N–H and O–H groups in total. The zero-order valence-electron chi connectivity index (χ0n) is 14.1. The standard InChI is InChI=1S/C22H19N3/c1-16-19(13-12-18-10-7-15-24-21(16)18)22(17-8-3-2-4-9-17)25-20-11-5-6-14-23-20/h2-15,22H,1H3,(H,23,25). The first-order valence-corrected chi connectivity index (χ1v) is 8.40. The molecular weight excluding hydrogens is 306 g/mol. The van der Waals surface area contributed by atoms with Gasteiger partial charge in [-0.2, -0.15) is 0 Å². The molecule has 0 radical (unpaired) electrons. The van der Waals surface area contributed by atoms with Crippen molar-refractivity contribution < 1.29 is 0 Å². The minimum atomic E-state index is 0.0162. The molecule has 0 aliphatic carbocycles. The van der Waals surface area contributed by atoms with Crippen LogP contribution in [0.5, 0.6) is 0 Å². The molecule has 0 spiro atoms. The number of rotatable bonds is 4. The average molecular weight is 325 g/mol. The van der Waals surface area contributed by atoms with Gasteiger partial charge in [-0.3, -0.25) is 4.98 Å². The lowest BCUT2D eigenvalue weighted by atomic mass is 9.93. The number of hydrogen-bond acceptors (Lipinski definition) is 3. The highest BCUT2D eigenvalue weighted by atomic mass is 15.0. The van der Waals surface area contributed by atoms with Crippen LogP contribution in [0.1, 0.15) is 22.7 Å². The van der Waals surface area contributed by atoms with E-state index in [1.54, 1.807) is 6.20 Å². The number of pyridine rings is 2. The zero-order chi connectivity index (χ0) is 17.1. The predicted molar refractivity (Wildman–Crippen MR) is 103 cm³/mol. The molecule has 3 heteroatoms. The second-order valence-electron chi connectivity index (χ2n) is 6.06. The van der Waals surface area contributed by atoms with Crippen molar-refractivity contribution in [3.8, 4) is 0 Å². The molecule has 0 saturated carbocycles. The molecule has 2 aromatic heterocycles. The van der Waals surface area contributed by atoms with Gasteiger partial charge in [0.05, 0.1) is 11.6 Å². The van der Waals surface area contributed by atoms with E-state index in [1.807, 2.05) is 36.5 Å². The molecule has 0 saturated heterocycles. The number of benzene rings is 2. The predicted octanol–water partition coefficient (Wildman–Crippen LogP) is 5.14. The third kappa shape index (κ3) is 3.09. The molecule has 25 heavy (non-hydrogen) atoms. The maximum Gasteiger partial charge on any atom is 0.126 e. The van der Waals surface area contributed by atoms with Gasteiger partial charge in [0.1, 0.15) is 5.82 Å². The maximum absolute atomic E-state index is 4.58. The molecule has 3 nitrogen and oxygen atoms in total. The molecule has 0 bridgehead atoms. The lowest BCUT2D eigenvalue weighted by molar-refractivity contribution is 0.917. The summed E-state index contributed by atoms with van der Waals surface area (Å²) in [5.74, 6) is 0.858. The van der Waals surface area contributed by atoms with E-state index in [9.17, 15) is 0 Å². The third-order valence-electron chi connectivity index (χ3n) is 4.47. The van der Waals surface area contributed by atoms with Crippen LogP contribution in [0.4, 0.5) is 5.82 Å². The zero-order valence-corrected chi connectivity index (χ0v) is 14.1. The quantitative estimate of drug-likeness (QED) is 0.564. The lowest BCUT2D eigenvalue weighted by Crippen LogP contribution is -2.14. The van der Waals surface area contributed by atoms with E-state index in [-0.39, 0.29) is 6.04 Å². The summed E-state index contributed by atoms with van der Waals surface area (Å²) in [6.07, 6.45) is 3.65. The molecule has 2 heterocycles. The van der Waals surface area contributed by atoms with Crippen molar-refractivity contribution in [2.45, 2.75) is 13.0 Å². The van der Waals surface area contributed by atoms with Crippen molar-refractivity contribution in [3.05, 3.63) is 102 Å². The molecule has 0 aliphatic rings. The Bertz CT molecular complexity index is 982. The Hall–Kier alpha value is -3.20. The minimum Gasteiger partial charge on any atom is -0.359 e. The first kappa shape index (κ1) is 15.3. The van der Waals surface area contributed by atoms with Crippen molar-refractivity contribution in [2.75, 3.05) is 5.32 Å². The summed E-state index contributed by atoms with van der Waals surface area (Å²) in [6, 6.07) is 24.8. The molecule has 0 aliphatic heterocycles. The van der Waals surface area contributed by atoms with Crippen LogP contribution in [-0.2, 0) is 0 Å². The molecule has 0 fully saturated rings. The van der Waals surface area contributed by atoms with Gasteiger partial charge in [-0.25, -0.2) is 4.98 Å². The first-order chi connectivity index (χ1) is 12.3. The summed E-state index contributed by atoms with van der Waals surface area (Å²) in [6.45, 7) is 2.14. The molecule has 122 valence electrons. The van der Waals surface area contributed by atoms with Crippen molar-refractivity contribution in [3.63, 3.8) is 0 Å². The summed E-state index contributed by atoms with van der Waals surface area (Å²) >= 11 is 0. The summed E-state index contributed by atoms with van der Waals surface area (Å²) in [4.78, 5) is 9.02. The van der Waals surface area contributed by atoms with E-state index in [1.165, 1.54) is 16.7 Å². The van der Waals surface area contributed by atoms with Crippen LogP contribution < -0.4 is 5.32 Å². The van der Waals surface area contributed by atoms with Crippen molar-refractivity contribution >= 4 is 16.7 Å². The van der Waals surface area contributed by atoms with Gasteiger partial charge in [0, 0.05) is 17.8 Å². The van der Waals surface area contributed by atoms with Gasteiger partial charge in [0.25, 0.3) is 0 Å². The van der Waals surface area contributed by atoms with E-state index in [2.05, 4.69) is 64.7 Å². The van der Waals surface area contributed by atoms with Gasteiger partial charge in [-0.15, -0.1) is 0 Å². The summed E-state index contributed by atoms with van der Waals surface area (Å²) in [5, 5.41) is 4.74. The molecule has 4 rings (SSSR count). The van der Waals surface area contributed by atoms with Crippen molar-refractivity contribution in [1.29, 1.82) is 0 Å². The number of aryl methyl sites for hydroxylation is 1. The highest BCUT2D eigenvalue weighted by molar-refractivity contribution is 5.83. The number of anilines is 1. The van der Waals surface area contributed by atoms with E-state index in [4.69, 9.17) is 0 Å². The SMILES string of the molecule is Cc1c(C(Nc2ccccn2)c2ccccc2)ccc2cccnc12.